The normalized spacial score (nSPS) is 11.0. The molecule has 0 aromatic carbocycles. The molecular formula is C30H72. The van der Waals surface area contributed by atoms with E-state index in [4.69, 9.17) is 0 Å². The van der Waals surface area contributed by atoms with E-state index >= 15 is 0 Å². The quantitative estimate of drug-likeness (QED) is 0.386. The van der Waals surface area contributed by atoms with Crippen molar-refractivity contribution in [2.75, 3.05) is 0 Å². The smallest absolute Gasteiger partial charge is 0.0360 e. The molecule has 0 amide bonds. The van der Waals surface area contributed by atoms with Crippen molar-refractivity contribution in [1.29, 1.82) is 0 Å². The molecule has 0 heteroatoms. The van der Waals surface area contributed by atoms with Gasteiger partial charge in [0, 0.05) is 0 Å². The van der Waals surface area contributed by atoms with Gasteiger partial charge in [-0.15, -0.1) is 0 Å². The Morgan fingerprint density at radius 3 is 0.533 bits per heavy atom. The minimum absolute atomic E-state index is 0.500. The highest BCUT2D eigenvalue weighted by atomic mass is 14.2. The highest BCUT2D eigenvalue weighted by molar-refractivity contribution is 4.64. The zero-order chi connectivity index (χ0) is 26.5. The molecule has 0 atom stereocenters. The molecule has 0 spiro atoms. The SMILES string of the molecule is CC.CC(C)(C)C.CC(C)C.CC(C)C(C)(C)C.CC(C)C(C)(C)C.CCC(C)C. The number of hydrogen-bond donors (Lipinski definition) is 0. The van der Waals surface area contributed by atoms with E-state index in [0.717, 1.165) is 23.7 Å². The lowest BCUT2D eigenvalue weighted by Gasteiger charge is -2.22. The van der Waals surface area contributed by atoms with E-state index in [1.165, 1.54) is 6.42 Å². The third-order valence-corrected chi connectivity index (χ3v) is 4.28. The zero-order valence-electron chi connectivity index (χ0n) is 26.5. The van der Waals surface area contributed by atoms with Crippen molar-refractivity contribution in [3.05, 3.63) is 0 Å². The Bertz CT molecular complexity index is 244. The standard InChI is InChI=1S/2C7H16.2C5H12.C4H10.C2H6/c2*1-6(2)7(3,4)5;1-5(2,3)4;1-4-5(2)3;1-4(2)3;1-2/h2*6H,1-5H3;1-4H3;5H,4H2,1-3H3;4H,1-3H3;1-2H3. The Morgan fingerprint density at radius 2 is 0.533 bits per heavy atom. The average Bonchev–Trinajstić information content (AvgIpc) is 2.46. The predicted molar refractivity (Wildman–Crippen MR) is 151 cm³/mol. The van der Waals surface area contributed by atoms with Gasteiger partial charge in [-0.3, -0.25) is 0 Å². The molecule has 0 fully saturated rings. The van der Waals surface area contributed by atoms with Crippen LogP contribution in [0, 0.1) is 39.9 Å². The van der Waals surface area contributed by atoms with Gasteiger partial charge in [0.15, 0.2) is 0 Å². The van der Waals surface area contributed by atoms with Crippen LogP contribution in [-0.4, -0.2) is 0 Å². The summed E-state index contributed by atoms with van der Waals surface area (Å²) in [6, 6.07) is 0. The van der Waals surface area contributed by atoms with Gasteiger partial charge in [0.05, 0.1) is 0 Å². The van der Waals surface area contributed by atoms with E-state index in [-0.39, 0.29) is 0 Å². The molecule has 0 N–H and O–H groups in total. The number of hydrogen-bond acceptors (Lipinski definition) is 0. The summed E-state index contributed by atoms with van der Waals surface area (Å²) in [6.07, 6.45) is 1.31. The summed E-state index contributed by atoms with van der Waals surface area (Å²) >= 11 is 0. The van der Waals surface area contributed by atoms with Gasteiger partial charge >= 0.3 is 0 Å². The third-order valence-electron chi connectivity index (χ3n) is 4.28. The zero-order valence-corrected chi connectivity index (χ0v) is 26.5. The van der Waals surface area contributed by atoms with Crippen LogP contribution in [0.15, 0.2) is 0 Å². The summed E-state index contributed by atoms with van der Waals surface area (Å²) in [7, 11) is 0. The highest BCUT2D eigenvalue weighted by Crippen LogP contribution is 2.24. The molecule has 0 bridgehead atoms. The van der Waals surface area contributed by atoms with E-state index in [0.29, 0.717) is 16.2 Å². The Hall–Kier alpha value is 0. The molecule has 0 rings (SSSR count). The van der Waals surface area contributed by atoms with Gasteiger partial charge in [-0.05, 0) is 39.9 Å². The third kappa shape index (κ3) is 104. The molecular weight excluding hydrogens is 360 g/mol. The first-order chi connectivity index (χ1) is 12.9. The summed E-state index contributed by atoms with van der Waals surface area (Å²) in [5, 5.41) is 0. The minimum atomic E-state index is 0.500. The van der Waals surface area contributed by atoms with Crippen LogP contribution >= 0.6 is 0 Å². The second kappa shape index (κ2) is 23.7. The summed E-state index contributed by atoms with van der Waals surface area (Å²) in [5.74, 6) is 3.31. The van der Waals surface area contributed by atoms with Crippen LogP contribution in [-0.2, 0) is 0 Å². The van der Waals surface area contributed by atoms with E-state index < -0.39 is 0 Å². The monoisotopic (exact) mass is 433 g/mol. The number of rotatable bonds is 1. The van der Waals surface area contributed by atoms with Crippen molar-refractivity contribution in [2.45, 2.75) is 159 Å². The summed E-state index contributed by atoms with van der Waals surface area (Å²) in [5.41, 5.74) is 1.50. The van der Waals surface area contributed by atoms with Crippen LogP contribution < -0.4 is 0 Å². The lowest BCUT2D eigenvalue weighted by Crippen LogP contribution is -2.12. The summed E-state index contributed by atoms with van der Waals surface area (Å²) < 4.78 is 0. The van der Waals surface area contributed by atoms with Crippen LogP contribution in [0.4, 0.5) is 0 Å². The molecule has 0 saturated carbocycles. The van der Waals surface area contributed by atoms with Gasteiger partial charge < -0.3 is 0 Å². The summed E-state index contributed by atoms with van der Waals surface area (Å²) in [6.45, 7) is 48.5. The maximum absolute atomic E-state index is 2.26. The molecule has 0 aliphatic heterocycles. The molecule has 30 heavy (non-hydrogen) atoms. The van der Waals surface area contributed by atoms with Crippen molar-refractivity contribution in [2.24, 2.45) is 39.9 Å². The molecule has 0 saturated heterocycles. The second-order valence-electron chi connectivity index (χ2n) is 13.6. The highest BCUT2D eigenvalue weighted by Gasteiger charge is 2.14. The molecule has 0 nitrogen and oxygen atoms in total. The Kier molecular flexibility index (Phi) is 34.5. The van der Waals surface area contributed by atoms with Crippen molar-refractivity contribution in [3.63, 3.8) is 0 Å². The molecule has 0 aliphatic carbocycles. The first-order valence-electron chi connectivity index (χ1n) is 12.9. The predicted octanol–water partition coefficient (Wildman–Crippen LogP) is 12.2. The molecule has 0 radical (unpaired) electrons. The van der Waals surface area contributed by atoms with E-state index in [9.17, 15) is 0 Å². The van der Waals surface area contributed by atoms with Crippen molar-refractivity contribution in [1.82, 2.24) is 0 Å². The Morgan fingerprint density at radius 1 is 0.467 bits per heavy atom. The van der Waals surface area contributed by atoms with Crippen LogP contribution in [0.3, 0.4) is 0 Å². The summed E-state index contributed by atoms with van der Waals surface area (Å²) in [4.78, 5) is 0. The van der Waals surface area contributed by atoms with Gasteiger partial charge in [-0.2, -0.15) is 0 Å². The molecule has 0 aliphatic rings. The Balaban J connectivity index is -0.0000000596. The van der Waals surface area contributed by atoms with Crippen molar-refractivity contribution in [3.8, 4) is 0 Å². The fourth-order valence-corrected chi connectivity index (χ4v) is 0. The van der Waals surface area contributed by atoms with Gasteiger partial charge in [0.25, 0.3) is 0 Å². The van der Waals surface area contributed by atoms with Gasteiger partial charge in [0.1, 0.15) is 0 Å². The molecule has 0 unspecified atom stereocenters. The lowest BCUT2D eigenvalue weighted by molar-refractivity contribution is 0.283. The maximum Gasteiger partial charge on any atom is -0.0360 e. The molecule has 0 aromatic rings. The topological polar surface area (TPSA) is 0 Å². The van der Waals surface area contributed by atoms with Crippen molar-refractivity contribution < 1.29 is 0 Å². The first kappa shape index (κ1) is 43.8. The Labute approximate surface area is 198 Å². The minimum Gasteiger partial charge on any atom is -0.0683 e. The lowest BCUT2D eigenvalue weighted by atomic mass is 9.84. The van der Waals surface area contributed by atoms with E-state index in [1.807, 2.05) is 13.8 Å². The van der Waals surface area contributed by atoms with Crippen LogP contribution in [0.1, 0.15) is 159 Å². The van der Waals surface area contributed by atoms with Crippen LogP contribution in [0.5, 0.6) is 0 Å². The van der Waals surface area contributed by atoms with Gasteiger partial charge in [-0.1, -0.05) is 159 Å². The largest absolute Gasteiger partial charge is 0.0683 e. The molecule has 192 valence electrons. The van der Waals surface area contributed by atoms with Gasteiger partial charge in [0.2, 0.25) is 0 Å². The molecule has 0 heterocycles. The fourth-order valence-electron chi connectivity index (χ4n) is 0. The first-order valence-corrected chi connectivity index (χ1v) is 12.9. The molecule has 0 aromatic heterocycles. The maximum atomic E-state index is 2.26. The van der Waals surface area contributed by atoms with Crippen molar-refractivity contribution >= 4 is 0 Å². The second-order valence-corrected chi connectivity index (χ2v) is 13.6. The van der Waals surface area contributed by atoms with Crippen LogP contribution in [0.25, 0.3) is 0 Å². The average molecular weight is 433 g/mol. The van der Waals surface area contributed by atoms with Crippen LogP contribution in [0.2, 0.25) is 0 Å². The van der Waals surface area contributed by atoms with Gasteiger partial charge in [-0.25, -0.2) is 0 Å². The fraction of sp³-hybridized carbons (Fsp3) is 1.00. The van der Waals surface area contributed by atoms with E-state index in [2.05, 4.69) is 138 Å². The van der Waals surface area contributed by atoms with E-state index in [1.54, 1.807) is 0 Å².